The minimum Gasteiger partial charge on any atom is -0.496 e. The van der Waals surface area contributed by atoms with Crippen LogP contribution < -0.4 is 4.74 Å². The van der Waals surface area contributed by atoms with E-state index in [4.69, 9.17) is 4.74 Å². The molecule has 19 heavy (non-hydrogen) atoms. The fourth-order valence-electron chi connectivity index (χ4n) is 1.81. The van der Waals surface area contributed by atoms with Gasteiger partial charge < -0.3 is 9.84 Å². The van der Waals surface area contributed by atoms with Crippen molar-refractivity contribution >= 4 is 6.08 Å². The number of hydrogen-bond acceptors (Lipinski definition) is 2. The first-order valence-corrected chi connectivity index (χ1v) is 6.85. The molecule has 2 heteroatoms. The average molecular weight is 262 g/mol. The van der Waals surface area contributed by atoms with E-state index >= 15 is 0 Å². The first-order chi connectivity index (χ1) is 8.89. The molecule has 0 amide bonds. The highest BCUT2D eigenvalue weighted by Crippen LogP contribution is 2.26. The molecule has 1 rings (SSSR count). The summed E-state index contributed by atoms with van der Waals surface area (Å²) in [6.45, 7) is 8.67. The summed E-state index contributed by atoms with van der Waals surface area (Å²) < 4.78 is 5.39. The number of ether oxygens (including phenoxy) is 1. The molecule has 0 saturated heterocycles. The van der Waals surface area contributed by atoms with Crippen LogP contribution in [0.1, 0.15) is 51.2 Å². The lowest BCUT2D eigenvalue weighted by Gasteiger charge is -2.18. The molecular weight excluding hydrogens is 236 g/mol. The van der Waals surface area contributed by atoms with Gasteiger partial charge in [-0.05, 0) is 35.4 Å². The third kappa shape index (κ3) is 4.71. The van der Waals surface area contributed by atoms with E-state index in [9.17, 15) is 5.11 Å². The Hall–Kier alpha value is -1.28. The van der Waals surface area contributed by atoms with Crippen molar-refractivity contribution in [3.05, 3.63) is 35.4 Å². The van der Waals surface area contributed by atoms with Gasteiger partial charge in [0.2, 0.25) is 0 Å². The zero-order valence-corrected chi connectivity index (χ0v) is 12.7. The van der Waals surface area contributed by atoms with Gasteiger partial charge in [-0.1, -0.05) is 45.9 Å². The normalized spacial score (nSPS) is 12.4. The maximum atomic E-state index is 9.25. The van der Waals surface area contributed by atoms with Crippen LogP contribution in [-0.4, -0.2) is 18.8 Å². The third-order valence-corrected chi connectivity index (χ3v) is 3.32. The molecule has 0 aliphatic heterocycles. The summed E-state index contributed by atoms with van der Waals surface area (Å²) in [6.07, 6.45) is 5.04. The van der Waals surface area contributed by atoms with Gasteiger partial charge in [0.15, 0.2) is 0 Å². The van der Waals surface area contributed by atoms with Crippen molar-refractivity contribution in [1.82, 2.24) is 0 Å². The van der Waals surface area contributed by atoms with Crippen LogP contribution in [0.5, 0.6) is 5.75 Å². The Bertz CT molecular complexity index is 431. The van der Waals surface area contributed by atoms with E-state index in [1.54, 1.807) is 7.11 Å². The number of aliphatic hydroxyl groups excluding tert-OH is 1. The summed E-state index contributed by atoms with van der Waals surface area (Å²) in [6, 6.07) is 6.30. The molecule has 0 spiro atoms. The van der Waals surface area contributed by atoms with Gasteiger partial charge in [0.25, 0.3) is 0 Å². The summed E-state index contributed by atoms with van der Waals surface area (Å²) >= 11 is 0. The van der Waals surface area contributed by atoms with E-state index < -0.39 is 0 Å². The molecule has 0 heterocycles. The molecule has 0 aliphatic carbocycles. The van der Waals surface area contributed by atoms with Crippen molar-refractivity contribution in [2.45, 2.75) is 40.0 Å². The van der Waals surface area contributed by atoms with Crippen LogP contribution in [-0.2, 0) is 0 Å². The maximum Gasteiger partial charge on any atom is 0.126 e. The number of allylic oxidation sites excluding steroid dienone is 1. The van der Waals surface area contributed by atoms with Crippen molar-refractivity contribution in [2.75, 3.05) is 13.7 Å². The molecule has 0 aromatic heterocycles. The number of benzene rings is 1. The highest BCUT2D eigenvalue weighted by molar-refractivity contribution is 5.58. The van der Waals surface area contributed by atoms with Crippen LogP contribution in [0, 0.1) is 5.41 Å². The van der Waals surface area contributed by atoms with Gasteiger partial charge in [0.05, 0.1) is 7.11 Å². The topological polar surface area (TPSA) is 29.5 Å². The lowest BCUT2D eigenvalue weighted by molar-refractivity contribution is 0.162. The summed E-state index contributed by atoms with van der Waals surface area (Å²) in [5.41, 5.74) is 2.34. The smallest absolute Gasteiger partial charge is 0.126 e. The van der Waals surface area contributed by atoms with Gasteiger partial charge in [-0.15, -0.1) is 0 Å². The molecule has 106 valence electrons. The summed E-state index contributed by atoms with van der Waals surface area (Å²) in [5, 5.41) is 9.25. The minimum atomic E-state index is -0.0700. The summed E-state index contributed by atoms with van der Waals surface area (Å²) in [4.78, 5) is 0. The predicted molar refractivity (Wildman–Crippen MR) is 81.6 cm³/mol. The second kappa shape index (κ2) is 6.76. The molecule has 0 saturated carbocycles. The fraction of sp³-hybridized carbons (Fsp3) is 0.529. The highest BCUT2D eigenvalue weighted by atomic mass is 16.5. The number of methoxy groups -OCH3 is 1. The van der Waals surface area contributed by atoms with Crippen LogP contribution in [0.2, 0.25) is 0 Å². The van der Waals surface area contributed by atoms with Crippen LogP contribution in [0.3, 0.4) is 0 Å². The van der Waals surface area contributed by atoms with E-state index in [0.717, 1.165) is 17.7 Å². The molecule has 1 aromatic rings. The third-order valence-electron chi connectivity index (χ3n) is 3.32. The molecule has 0 aliphatic rings. The Kier molecular flexibility index (Phi) is 5.61. The maximum absolute atomic E-state index is 9.25. The Labute approximate surface area is 117 Å². The van der Waals surface area contributed by atoms with Crippen molar-refractivity contribution in [3.63, 3.8) is 0 Å². The van der Waals surface area contributed by atoms with Gasteiger partial charge in [-0.2, -0.15) is 0 Å². The molecule has 2 nitrogen and oxygen atoms in total. The van der Waals surface area contributed by atoms with E-state index in [2.05, 4.69) is 52.0 Å². The quantitative estimate of drug-likeness (QED) is 0.831. The van der Waals surface area contributed by atoms with E-state index in [0.29, 0.717) is 5.92 Å². The van der Waals surface area contributed by atoms with Crippen molar-refractivity contribution in [3.8, 4) is 5.75 Å². The largest absolute Gasteiger partial charge is 0.496 e. The molecule has 0 unspecified atom stereocenters. The van der Waals surface area contributed by atoms with Crippen LogP contribution in [0.25, 0.3) is 6.08 Å². The zero-order chi connectivity index (χ0) is 14.5. The highest BCUT2D eigenvalue weighted by Gasteiger charge is 2.13. The molecule has 0 atom stereocenters. The average Bonchev–Trinajstić information content (AvgIpc) is 2.38. The number of hydrogen-bond donors (Lipinski definition) is 1. The Morgan fingerprint density at radius 3 is 2.53 bits per heavy atom. The first-order valence-electron chi connectivity index (χ1n) is 6.85. The van der Waals surface area contributed by atoms with E-state index in [1.165, 1.54) is 5.56 Å². The van der Waals surface area contributed by atoms with Gasteiger partial charge in [-0.25, -0.2) is 0 Å². The standard InChI is InChI=1S/C17H26O2/c1-13(2)14-8-9-16(19-5)15(11-14)7-6-10-17(3,4)12-18/h6-9,11,13,18H,10,12H2,1-5H3/b7-6+. The van der Waals surface area contributed by atoms with Crippen molar-refractivity contribution < 1.29 is 9.84 Å². The monoisotopic (exact) mass is 262 g/mol. The molecule has 0 fully saturated rings. The fourth-order valence-corrected chi connectivity index (χ4v) is 1.81. The van der Waals surface area contributed by atoms with Gasteiger partial charge in [-0.3, -0.25) is 0 Å². The second-order valence-corrected chi connectivity index (χ2v) is 6.08. The molecule has 0 bridgehead atoms. The van der Waals surface area contributed by atoms with Crippen molar-refractivity contribution in [2.24, 2.45) is 5.41 Å². The zero-order valence-electron chi connectivity index (χ0n) is 12.7. The molecular formula is C17H26O2. The Morgan fingerprint density at radius 2 is 2.00 bits per heavy atom. The predicted octanol–water partition coefficient (Wildman–Crippen LogP) is 4.24. The Balaban J connectivity index is 2.92. The number of rotatable bonds is 6. The molecule has 0 radical (unpaired) electrons. The van der Waals surface area contributed by atoms with Crippen LogP contribution >= 0.6 is 0 Å². The first kappa shape index (κ1) is 15.8. The van der Waals surface area contributed by atoms with E-state index in [1.807, 2.05) is 6.07 Å². The lowest BCUT2D eigenvalue weighted by atomic mass is 9.90. The van der Waals surface area contributed by atoms with E-state index in [-0.39, 0.29) is 12.0 Å². The number of aliphatic hydroxyl groups is 1. The summed E-state index contributed by atoms with van der Waals surface area (Å²) in [5.74, 6) is 1.40. The molecule has 1 aromatic carbocycles. The van der Waals surface area contributed by atoms with Gasteiger partial charge >= 0.3 is 0 Å². The van der Waals surface area contributed by atoms with Crippen LogP contribution in [0.4, 0.5) is 0 Å². The second-order valence-electron chi connectivity index (χ2n) is 6.08. The summed E-state index contributed by atoms with van der Waals surface area (Å²) in [7, 11) is 1.69. The van der Waals surface area contributed by atoms with Crippen LogP contribution in [0.15, 0.2) is 24.3 Å². The lowest BCUT2D eigenvalue weighted by Crippen LogP contribution is -2.14. The minimum absolute atomic E-state index is 0.0700. The van der Waals surface area contributed by atoms with Gasteiger partial charge in [0.1, 0.15) is 5.75 Å². The van der Waals surface area contributed by atoms with Gasteiger partial charge in [0, 0.05) is 12.2 Å². The molecule has 1 N–H and O–H groups in total. The Morgan fingerprint density at radius 1 is 1.32 bits per heavy atom. The van der Waals surface area contributed by atoms with Crippen molar-refractivity contribution in [1.29, 1.82) is 0 Å². The SMILES string of the molecule is COc1ccc(C(C)C)cc1/C=C/CC(C)(C)CO.